The molecule has 0 aliphatic rings. The van der Waals surface area contributed by atoms with Crippen molar-refractivity contribution in [3.05, 3.63) is 55.2 Å². The number of non-ortho nitro benzene ring substituents is 1. The Balaban J connectivity index is 2.53. The maximum atomic E-state index is 12.4. The first kappa shape index (κ1) is 16.6. The highest BCUT2D eigenvalue weighted by molar-refractivity contribution is 6.06. The highest BCUT2D eigenvalue weighted by Crippen LogP contribution is 2.28. The largest absolute Gasteiger partial charge is 0.306 e. The van der Waals surface area contributed by atoms with Crippen molar-refractivity contribution in [1.82, 2.24) is 9.78 Å². The molecule has 122 valence electrons. The van der Waals surface area contributed by atoms with E-state index in [1.165, 1.54) is 24.9 Å². The summed E-state index contributed by atoms with van der Waals surface area (Å²) in [4.78, 5) is 32.7. The lowest BCUT2D eigenvalue weighted by molar-refractivity contribution is -0.394. The second-order valence-corrected chi connectivity index (χ2v) is 4.75. The van der Waals surface area contributed by atoms with Crippen molar-refractivity contribution in [2.75, 3.05) is 5.32 Å². The molecule has 11 heteroatoms. The molecule has 0 aliphatic carbocycles. The van der Waals surface area contributed by atoms with Crippen LogP contribution in [-0.2, 0) is 7.05 Å². The monoisotopic (exact) mass is 330 g/mol. The van der Waals surface area contributed by atoms with Crippen LogP contribution in [0, 0.1) is 38.5 Å². The lowest BCUT2D eigenvalue weighted by Gasteiger charge is -2.09. The van der Waals surface area contributed by atoms with Gasteiger partial charge in [-0.3, -0.25) is 29.7 Å². The third-order valence-corrected chi connectivity index (χ3v) is 3.31. The van der Waals surface area contributed by atoms with Gasteiger partial charge in [-0.1, -0.05) is 0 Å². The number of rotatable bonds is 4. The van der Waals surface area contributed by atoms with Crippen molar-refractivity contribution in [3.8, 4) is 6.07 Å². The summed E-state index contributed by atoms with van der Waals surface area (Å²) < 4.78 is 1.23. The van der Waals surface area contributed by atoms with E-state index in [0.29, 0.717) is 0 Å². The number of nitro groups is 2. The summed E-state index contributed by atoms with van der Waals surface area (Å²) in [7, 11) is 1.49. The van der Waals surface area contributed by atoms with Gasteiger partial charge >= 0.3 is 0 Å². The van der Waals surface area contributed by atoms with Crippen LogP contribution in [0.25, 0.3) is 0 Å². The smallest absolute Gasteiger partial charge is 0.279 e. The van der Waals surface area contributed by atoms with E-state index in [4.69, 9.17) is 5.26 Å². The Bertz CT molecular complexity index is 910. The number of aryl methyl sites for hydroxylation is 1. The van der Waals surface area contributed by atoms with Gasteiger partial charge in [0.05, 0.1) is 27.7 Å². The first-order valence-electron chi connectivity index (χ1n) is 6.43. The Labute approximate surface area is 134 Å². The highest BCUT2D eigenvalue weighted by atomic mass is 16.6. The molecule has 2 aromatic rings. The van der Waals surface area contributed by atoms with E-state index in [9.17, 15) is 25.0 Å². The van der Waals surface area contributed by atoms with Gasteiger partial charge < -0.3 is 5.32 Å². The Morgan fingerprint density at radius 1 is 1.33 bits per heavy atom. The highest BCUT2D eigenvalue weighted by Gasteiger charge is 2.25. The van der Waals surface area contributed by atoms with Gasteiger partial charge in [-0.15, -0.1) is 0 Å². The zero-order valence-corrected chi connectivity index (χ0v) is 12.5. The average Bonchev–Trinajstić information content (AvgIpc) is 2.87. The number of nitro benzene ring substituents is 2. The zero-order valence-electron chi connectivity index (χ0n) is 12.5. The Morgan fingerprint density at radius 3 is 2.54 bits per heavy atom. The molecule has 1 heterocycles. The SMILES string of the molecule is Cc1c(C(=O)Nc2c(C#N)cnn2C)cc([N+](=O)[O-])cc1[N+](=O)[O-]. The number of amides is 1. The lowest BCUT2D eigenvalue weighted by atomic mass is 10.0. The summed E-state index contributed by atoms with van der Waals surface area (Å²) >= 11 is 0. The van der Waals surface area contributed by atoms with Gasteiger partial charge in [0.25, 0.3) is 17.3 Å². The minimum Gasteiger partial charge on any atom is -0.306 e. The van der Waals surface area contributed by atoms with Gasteiger partial charge in [0, 0.05) is 18.7 Å². The van der Waals surface area contributed by atoms with Crippen molar-refractivity contribution < 1.29 is 14.6 Å². The van der Waals surface area contributed by atoms with E-state index < -0.39 is 27.1 Å². The fourth-order valence-electron chi connectivity index (χ4n) is 2.06. The molecule has 0 atom stereocenters. The molecular formula is C13H10N6O5. The Hall–Kier alpha value is -3.81. The zero-order chi connectivity index (χ0) is 18.0. The molecule has 0 unspecified atom stereocenters. The van der Waals surface area contributed by atoms with Gasteiger partial charge in [0.1, 0.15) is 17.5 Å². The van der Waals surface area contributed by atoms with Gasteiger partial charge in [0.2, 0.25) is 0 Å². The standard InChI is InChI=1S/C13H10N6O5/c1-7-10(3-9(18(21)22)4-11(7)19(23)24)13(20)16-12-8(5-14)6-15-17(12)2/h3-4,6H,1-2H3,(H,16,20). The number of carbonyl (C=O) groups is 1. The number of anilines is 1. The molecular weight excluding hydrogens is 320 g/mol. The van der Waals surface area contributed by atoms with Crippen LogP contribution in [0.1, 0.15) is 21.5 Å². The van der Waals surface area contributed by atoms with Gasteiger partial charge in [0.15, 0.2) is 0 Å². The summed E-state index contributed by atoms with van der Waals surface area (Å²) in [5.74, 6) is -0.740. The lowest BCUT2D eigenvalue weighted by Crippen LogP contribution is -2.17. The summed E-state index contributed by atoms with van der Waals surface area (Å²) in [6.45, 7) is 1.31. The van der Waals surface area contributed by atoms with Crippen LogP contribution in [-0.4, -0.2) is 25.5 Å². The topological polar surface area (TPSA) is 157 Å². The molecule has 1 aromatic carbocycles. The molecule has 1 N–H and O–H groups in total. The number of hydrogen-bond donors (Lipinski definition) is 1. The quantitative estimate of drug-likeness (QED) is 0.659. The molecule has 1 aromatic heterocycles. The molecule has 0 spiro atoms. The molecule has 24 heavy (non-hydrogen) atoms. The van der Waals surface area contributed by atoms with Crippen LogP contribution in [0.4, 0.5) is 17.2 Å². The molecule has 0 aliphatic heterocycles. The van der Waals surface area contributed by atoms with Crippen molar-refractivity contribution >= 4 is 23.1 Å². The molecule has 0 saturated heterocycles. The average molecular weight is 330 g/mol. The van der Waals surface area contributed by atoms with Crippen LogP contribution >= 0.6 is 0 Å². The predicted octanol–water partition coefficient (Wildman–Crippen LogP) is 1.67. The normalized spacial score (nSPS) is 10.0. The number of benzene rings is 1. The van der Waals surface area contributed by atoms with E-state index in [-0.39, 0.29) is 22.5 Å². The van der Waals surface area contributed by atoms with E-state index in [1.807, 2.05) is 6.07 Å². The molecule has 2 rings (SSSR count). The number of carbonyl (C=O) groups excluding carboxylic acids is 1. The minimum atomic E-state index is -0.825. The molecule has 0 bridgehead atoms. The summed E-state index contributed by atoms with van der Waals surface area (Å²) in [5.41, 5.74) is -1.30. The molecule has 1 amide bonds. The first-order valence-corrected chi connectivity index (χ1v) is 6.43. The van der Waals surface area contributed by atoms with Crippen molar-refractivity contribution in [2.45, 2.75) is 6.92 Å². The van der Waals surface area contributed by atoms with E-state index in [1.54, 1.807) is 0 Å². The fourth-order valence-corrected chi connectivity index (χ4v) is 2.06. The fraction of sp³-hybridized carbons (Fsp3) is 0.154. The maximum Gasteiger partial charge on any atom is 0.279 e. The van der Waals surface area contributed by atoms with Crippen LogP contribution < -0.4 is 5.32 Å². The van der Waals surface area contributed by atoms with Crippen LogP contribution in [0.2, 0.25) is 0 Å². The Morgan fingerprint density at radius 2 is 2.00 bits per heavy atom. The Kier molecular flexibility index (Phi) is 4.23. The van der Waals surface area contributed by atoms with Crippen molar-refractivity contribution in [1.29, 1.82) is 5.26 Å². The number of nitrogens with one attached hydrogen (secondary N) is 1. The van der Waals surface area contributed by atoms with Gasteiger partial charge in [-0.2, -0.15) is 10.4 Å². The third-order valence-electron chi connectivity index (χ3n) is 3.31. The van der Waals surface area contributed by atoms with E-state index in [0.717, 1.165) is 12.1 Å². The number of hydrogen-bond acceptors (Lipinski definition) is 7. The van der Waals surface area contributed by atoms with Crippen LogP contribution in [0.5, 0.6) is 0 Å². The molecule has 0 fully saturated rings. The summed E-state index contributed by atoms with van der Waals surface area (Å²) in [6, 6.07) is 3.57. The summed E-state index contributed by atoms with van der Waals surface area (Å²) in [6.07, 6.45) is 1.23. The van der Waals surface area contributed by atoms with Gasteiger partial charge in [-0.05, 0) is 6.92 Å². The van der Waals surface area contributed by atoms with Crippen LogP contribution in [0.3, 0.4) is 0 Å². The second-order valence-electron chi connectivity index (χ2n) is 4.75. The van der Waals surface area contributed by atoms with E-state index in [2.05, 4.69) is 10.4 Å². The second kappa shape index (κ2) is 6.13. The summed E-state index contributed by atoms with van der Waals surface area (Å²) in [5, 5.41) is 37.1. The minimum absolute atomic E-state index is 0.0243. The number of aromatic nitrogens is 2. The van der Waals surface area contributed by atoms with Crippen molar-refractivity contribution in [2.24, 2.45) is 7.05 Å². The maximum absolute atomic E-state index is 12.4. The first-order chi connectivity index (χ1) is 11.3. The van der Waals surface area contributed by atoms with E-state index >= 15 is 0 Å². The number of nitrogens with zero attached hydrogens (tertiary/aromatic N) is 5. The van der Waals surface area contributed by atoms with Crippen molar-refractivity contribution in [3.63, 3.8) is 0 Å². The third kappa shape index (κ3) is 2.88. The molecule has 0 radical (unpaired) electrons. The molecule has 0 saturated carbocycles. The number of nitriles is 1. The van der Waals surface area contributed by atoms with Gasteiger partial charge in [-0.25, -0.2) is 0 Å². The predicted molar refractivity (Wildman–Crippen MR) is 80.4 cm³/mol. The molecule has 11 nitrogen and oxygen atoms in total. The van der Waals surface area contributed by atoms with Crippen LogP contribution in [0.15, 0.2) is 18.3 Å².